The van der Waals surface area contributed by atoms with Gasteiger partial charge in [0, 0.05) is 28.6 Å². The molecule has 0 atom stereocenters. The number of nitro benzene ring substituents is 1. The molecule has 27 heavy (non-hydrogen) atoms. The third-order valence-electron chi connectivity index (χ3n) is 3.65. The second-order valence-corrected chi connectivity index (χ2v) is 6.16. The van der Waals surface area contributed by atoms with Gasteiger partial charge in [-0.2, -0.15) is 5.10 Å². The Hall–Kier alpha value is -3.46. The second-order valence-electron chi connectivity index (χ2n) is 5.30. The van der Waals surface area contributed by atoms with Gasteiger partial charge in [0.15, 0.2) is 11.5 Å². The predicted molar refractivity (Wildman–Crippen MR) is 105 cm³/mol. The number of thiazole rings is 1. The van der Waals surface area contributed by atoms with Gasteiger partial charge >= 0.3 is 0 Å². The van der Waals surface area contributed by atoms with Gasteiger partial charge in [-0.1, -0.05) is 18.2 Å². The largest absolute Gasteiger partial charge is 0.493 e. The average molecular weight is 384 g/mol. The van der Waals surface area contributed by atoms with E-state index in [0.29, 0.717) is 27.9 Å². The summed E-state index contributed by atoms with van der Waals surface area (Å²) in [6.45, 7) is 0. The van der Waals surface area contributed by atoms with Crippen LogP contribution in [-0.4, -0.2) is 30.3 Å². The maximum absolute atomic E-state index is 10.9. The number of methoxy groups -OCH3 is 2. The van der Waals surface area contributed by atoms with Crippen LogP contribution >= 0.6 is 11.3 Å². The quantitative estimate of drug-likeness (QED) is 0.373. The molecule has 9 heteroatoms. The molecule has 0 saturated carbocycles. The second kappa shape index (κ2) is 8.28. The smallest absolute Gasteiger partial charge is 0.270 e. The highest BCUT2D eigenvalue weighted by Crippen LogP contribution is 2.30. The summed E-state index contributed by atoms with van der Waals surface area (Å²) in [5.41, 5.74) is 4.94. The van der Waals surface area contributed by atoms with Crippen molar-refractivity contribution in [1.82, 2.24) is 4.98 Å². The van der Waals surface area contributed by atoms with E-state index in [4.69, 9.17) is 9.47 Å². The lowest BCUT2D eigenvalue weighted by atomic mass is 10.1. The SMILES string of the molecule is COc1cccc(/C=N/Nc2nc(-c3cccc([N+](=O)[O-])c3)cs2)c1OC. The first-order chi connectivity index (χ1) is 13.1. The first-order valence-electron chi connectivity index (χ1n) is 7.83. The standard InChI is InChI=1S/C18H16N4O4S/c1-25-16-8-4-6-13(17(16)26-2)10-19-21-18-20-15(11-27-18)12-5-3-7-14(9-12)22(23)24/h3-11H,1-2H3,(H,20,21)/b19-10+. The highest BCUT2D eigenvalue weighted by Gasteiger charge is 2.10. The number of hydrogen-bond donors (Lipinski definition) is 1. The maximum atomic E-state index is 10.9. The summed E-state index contributed by atoms with van der Waals surface area (Å²) in [6, 6.07) is 11.8. The minimum atomic E-state index is -0.430. The molecule has 8 nitrogen and oxygen atoms in total. The molecule has 0 fully saturated rings. The highest BCUT2D eigenvalue weighted by atomic mass is 32.1. The Morgan fingerprint density at radius 3 is 2.78 bits per heavy atom. The Morgan fingerprint density at radius 1 is 1.22 bits per heavy atom. The lowest BCUT2D eigenvalue weighted by Gasteiger charge is -2.09. The number of benzene rings is 2. The lowest BCUT2D eigenvalue weighted by Crippen LogP contribution is -1.96. The summed E-state index contributed by atoms with van der Waals surface area (Å²) < 4.78 is 10.6. The molecule has 0 aliphatic rings. The van der Waals surface area contributed by atoms with E-state index in [1.807, 2.05) is 17.5 Å². The normalized spacial score (nSPS) is 10.7. The predicted octanol–water partition coefficient (Wildman–Crippen LogP) is 4.18. The van der Waals surface area contributed by atoms with Crippen LogP contribution in [0.1, 0.15) is 5.56 Å². The van der Waals surface area contributed by atoms with Gasteiger partial charge in [0.25, 0.3) is 5.69 Å². The monoisotopic (exact) mass is 384 g/mol. The van der Waals surface area contributed by atoms with E-state index >= 15 is 0 Å². The number of hydrazone groups is 1. The van der Waals surface area contributed by atoms with Crippen molar-refractivity contribution < 1.29 is 14.4 Å². The van der Waals surface area contributed by atoms with Crippen LogP contribution in [0.4, 0.5) is 10.8 Å². The van der Waals surface area contributed by atoms with Crippen LogP contribution in [0.25, 0.3) is 11.3 Å². The van der Waals surface area contributed by atoms with Crippen molar-refractivity contribution in [2.45, 2.75) is 0 Å². The molecular weight excluding hydrogens is 368 g/mol. The summed E-state index contributed by atoms with van der Waals surface area (Å²) >= 11 is 1.35. The first-order valence-corrected chi connectivity index (χ1v) is 8.70. The van der Waals surface area contributed by atoms with Gasteiger partial charge in [-0.15, -0.1) is 11.3 Å². The van der Waals surface area contributed by atoms with E-state index in [-0.39, 0.29) is 5.69 Å². The van der Waals surface area contributed by atoms with Crippen LogP contribution in [0, 0.1) is 10.1 Å². The Balaban J connectivity index is 1.75. The Labute approximate surface area is 159 Å². The fourth-order valence-electron chi connectivity index (χ4n) is 2.41. The summed E-state index contributed by atoms with van der Waals surface area (Å²) in [5.74, 6) is 1.20. The third kappa shape index (κ3) is 4.21. The van der Waals surface area contributed by atoms with Gasteiger partial charge in [0.2, 0.25) is 5.13 Å². The summed E-state index contributed by atoms with van der Waals surface area (Å²) in [7, 11) is 3.14. The van der Waals surface area contributed by atoms with Gasteiger partial charge in [-0.3, -0.25) is 15.5 Å². The first kappa shape index (κ1) is 18.3. The van der Waals surface area contributed by atoms with Gasteiger partial charge in [-0.05, 0) is 12.1 Å². The number of anilines is 1. The molecule has 0 saturated heterocycles. The van der Waals surface area contributed by atoms with Gasteiger partial charge in [-0.25, -0.2) is 4.98 Å². The van der Waals surface area contributed by atoms with Gasteiger partial charge < -0.3 is 9.47 Å². The van der Waals surface area contributed by atoms with E-state index in [9.17, 15) is 10.1 Å². The number of non-ortho nitro benzene ring substituents is 1. The molecule has 1 heterocycles. The van der Waals surface area contributed by atoms with Crippen LogP contribution in [0.2, 0.25) is 0 Å². The number of nitrogens with zero attached hydrogens (tertiary/aromatic N) is 3. The van der Waals surface area contributed by atoms with E-state index in [2.05, 4.69) is 15.5 Å². The average Bonchev–Trinajstić information content (AvgIpc) is 3.16. The van der Waals surface area contributed by atoms with Crippen LogP contribution < -0.4 is 14.9 Å². The molecule has 138 valence electrons. The summed E-state index contributed by atoms with van der Waals surface area (Å²) in [5, 5.41) is 17.5. The molecule has 0 aliphatic heterocycles. The number of para-hydroxylation sites is 1. The topological polar surface area (TPSA) is 98.9 Å². The van der Waals surface area contributed by atoms with Crippen molar-refractivity contribution in [2.75, 3.05) is 19.6 Å². The Morgan fingerprint density at radius 2 is 2.04 bits per heavy atom. The number of nitrogens with one attached hydrogen (secondary N) is 1. The molecule has 0 unspecified atom stereocenters. The fourth-order valence-corrected chi connectivity index (χ4v) is 3.08. The molecule has 0 radical (unpaired) electrons. The molecule has 0 spiro atoms. The van der Waals surface area contributed by atoms with Crippen molar-refractivity contribution in [1.29, 1.82) is 0 Å². The molecule has 1 aromatic heterocycles. The molecular formula is C18H16N4O4S. The number of hydrogen-bond acceptors (Lipinski definition) is 8. The van der Waals surface area contributed by atoms with Crippen molar-refractivity contribution in [3.05, 3.63) is 63.5 Å². The van der Waals surface area contributed by atoms with Crippen molar-refractivity contribution in [2.24, 2.45) is 5.10 Å². The molecule has 3 aromatic rings. The number of nitro groups is 1. The zero-order valence-electron chi connectivity index (χ0n) is 14.6. The van der Waals surface area contributed by atoms with Crippen LogP contribution in [0.5, 0.6) is 11.5 Å². The fraction of sp³-hybridized carbons (Fsp3) is 0.111. The van der Waals surface area contributed by atoms with E-state index in [0.717, 1.165) is 5.56 Å². The molecule has 0 aliphatic carbocycles. The van der Waals surface area contributed by atoms with E-state index < -0.39 is 4.92 Å². The molecule has 1 N–H and O–H groups in total. The zero-order chi connectivity index (χ0) is 19.2. The molecule has 2 aromatic carbocycles. The maximum Gasteiger partial charge on any atom is 0.270 e. The molecule has 3 rings (SSSR count). The van der Waals surface area contributed by atoms with Crippen LogP contribution in [0.15, 0.2) is 52.9 Å². The van der Waals surface area contributed by atoms with Crippen molar-refractivity contribution in [3.8, 4) is 22.8 Å². The van der Waals surface area contributed by atoms with E-state index in [1.54, 1.807) is 38.6 Å². The van der Waals surface area contributed by atoms with Crippen LogP contribution in [-0.2, 0) is 0 Å². The Kier molecular flexibility index (Phi) is 5.62. The van der Waals surface area contributed by atoms with Gasteiger partial charge in [0.1, 0.15) is 0 Å². The minimum absolute atomic E-state index is 0.0261. The van der Waals surface area contributed by atoms with Crippen LogP contribution in [0.3, 0.4) is 0 Å². The molecule has 0 amide bonds. The zero-order valence-corrected chi connectivity index (χ0v) is 15.4. The van der Waals surface area contributed by atoms with Crippen molar-refractivity contribution in [3.63, 3.8) is 0 Å². The number of rotatable bonds is 7. The van der Waals surface area contributed by atoms with Crippen molar-refractivity contribution >= 4 is 28.4 Å². The third-order valence-corrected chi connectivity index (χ3v) is 4.40. The summed E-state index contributed by atoms with van der Waals surface area (Å²) in [6.07, 6.45) is 1.61. The number of aromatic nitrogens is 1. The lowest BCUT2D eigenvalue weighted by molar-refractivity contribution is -0.384. The van der Waals surface area contributed by atoms with E-state index in [1.165, 1.54) is 23.5 Å². The number of ether oxygens (including phenoxy) is 2. The molecule has 0 bridgehead atoms. The highest BCUT2D eigenvalue weighted by molar-refractivity contribution is 7.14. The summed E-state index contributed by atoms with van der Waals surface area (Å²) in [4.78, 5) is 14.9. The van der Waals surface area contributed by atoms with Gasteiger partial charge in [0.05, 0.1) is 31.1 Å². The minimum Gasteiger partial charge on any atom is -0.493 e. The Bertz CT molecular complexity index is 987.